The van der Waals surface area contributed by atoms with Gasteiger partial charge in [-0.25, -0.2) is 0 Å². The summed E-state index contributed by atoms with van der Waals surface area (Å²) in [6.45, 7) is 5.43. The number of carbonyl (C=O) groups is 2. The molecular formula is C24H23N3O2S2. The summed E-state index contributed by atoms with van der Waals surface area (Å²) in [7, 11) is 0. The van der Waals surface area contributed by atoms with Gasteiger partial charge in [0.05, 0.1) is 10.8 Å². The number of hydrogen-bond acceptors (Lipinski definition) is 5. The Balaban J connectivity index is 1.76. The van der Waals surface area contributed by atoms with Gasteiger partial charge in [-0.2, -0.15) is 5.26 Å². The fourth-order valence-electron chi connectivity index (χ4n) is 3.04. The molecule has 2 N–H and O–H groups in total. The Morgan fingerprint density at radius 1 is 1.16 bits per heavy atom. The van der Waals surface area contributed by atoms with Crippen molar-refractivity contribution < 1.29 is 9.59 Å². The quantitative estimate of drug-likeness (QED) is 0.429. The van der Waals surface area contributed by atoms with Crippen LogP contribution in [-0.2, 0) is 9.59 Å². The minimum Gasteiger partial charge on any atom is -0.326 e. The van der Waals surface area contributed by atoms with Crippen LogP contribution >= 0.6 is 23.1 Å². The molecule has 0 fully saturated rings. The van der Waals surface area contributed by atoms with E-state index in [0.717, 1.165) is 21.6 Å². The van der Waals surface area contributed by atoms with E-state index in [1.165, 1.54) is 30.0 Å². The lowest BCUT2D eigenvalue weighted by molar-refractivity contribution is -0.116. The Labute approximate surface area is 190 Å². The van der Waals surface area contributed by atoms with Crippen LogP contribution in [0.2, 0.25) is 0 Å². The zero-order valence-electron chi connectivity index (χ0n) is 17.6. The molecule has 5 nitrogen and oxygen atoms in total. The lowest BCUT2D eigenvalue weighted by Gasteiger charge is -2.15. The number of carbonyl (C=O) groups excluding carboxylic acids is 2. The van der Waals surface area contributed by atoms with Gasteiger partial charge in [0.15, 0.2) is 0 Å². The van der Waals surface area contributed by atoms with E-state index < -0.39 is 0 Å². The summed E-state index contributed by atoms with van der Waals surface area (Å²) in [5.41, 5.74) is 4.10. The van der Waals surface area contributed by atoms with E-state index in [4.69, 9.17) is 0 Å². The number of rotatable bonds is 7. The third-order valence-electron chi connectivity index (χ3n) is 4.60. The number of amides is 2. The molecule has 31 heavy (non-hydrogen) atoms. The first-order valence-corrected chi connectivity index (χ1v) is 11.6. The van der Waals surface area contributed by atoms with Crippen molar-refractivity contribution in [2.45, 2.75) is 37.3 Å². The highest BCUT2D eigenvalue weighted by molar-refractivity contribution is 8.00. The third-order valence-corrected chi connectivity index (χ3v) is 6.85. The van der Waals surface area contributed by atoms with Crippen molar-refractivity contribution in [2.24, 2.45) is 0 Å². The summed E-state index contributed by atoms with van der Waals surface area (Å²) >= 11 is 2.79. The predicted molar refractivity (Wildman–Crippen MR) is 129 cm³/mol. The second-order valence-electron chi connectivity index (χ2n) is 7.04. The van der Waals surface area contributed by atoms with E-state index >= 15 is 0 Å². The van der Waals surface area contributed by atoms with Gasteiger partial charge in [0.1, 0.15) is 11.1 Å². The first kappa shape index (κ1) is 22.6. The van der Waals surface area contributed by atoms with E-state index in [1.54, 1.807) is 0 Å². The van der Waals surface area contributed by atoms with Gasteiger partial charge in [-0.1, -0.05) is 42.8 Å². The van der Waals surface area contributed by atoms with Crippen molar-refractivity contribution in [1.29, 1.82) is 5.26 Å². The van der Waals surface area contributed by atoms with Gasteiger partial charge in [0.2, 0.25) is 11.8 Å². The molecule has 3 rings (SSSR count). The Morgan fingerprint density at radius 3 is 2.55 bits per heavy atom. The van der Waals surface area contributed by atoms with Crippen molar-refractivity contribution in [1.82, 2.24) is 0 Å². The maximum Gasteiger partial charge on any atom is 0.238 e. The van der Waals surface area contributed by atoms with E-state index in [9.17, 15) is 14.9 Å². The fourth-order valence-corrected chi connectivity index (χ4v) is 4.97. The number of aryl methyl sites for hydroxylation is 1. The monoisotopic (exact) mass is 449 g/mol. The highest BCUT2D eigenvalue weighted by atomic mass is 32.2. The minimum atomic E-state index is -0.330. The molecule has 0 aliphatic heterocycles. The van der Waals surface area contributed by atoms with Gasteiger partial charge in [0, 0.05) is 28.5 Å². The van der Waals surface area contributed by atoms with Crippen molar-refractivity contribution in [3.05, 3.63) is 65.0 Å². The molecule has 0 bridgehead atoms. The zero-order chi connectivity index (χ0) is 22.4. The highest BCUT2D eigenvalue weighted by Gasteiger charge is 2.22. The van der Waals surface area contributed by atoms with Gasteiger partial charge in [0.25, 0.3) is 0 Å². The number of hydrogen-bond donors (Lipinski definition) is 2. The number of thiophene rings is 1. The van der Waals surface area contributed by atoms with Crippen LogP contribution in [0.5, 0.6) is 0 Å². The van der Waals surface area contributed by atoms with Crippen molar-refractivity contribution >= 4 is 45.6 Å². The van der Waals surface area contributed by atoms with Crippen LogP contribution in [0.1, 0.15) is 31.4 Å². The van der Waals surface area contributed by atoms with Gasteiger partial charge in [-0.05, 0) is 37.1 Å². The third kappa shape index (κ3) is 5.75. The normalized spacial score (nSPS) is 11.4. The number of nitrogens with zero attached hydrogens (tertiary/aromatic N) is 1. The first-order chi connectivity index (χ1) is 14.9. The van der Waals surface area contributed by atoms with Crippen LogP contribution in [0.4, 0.5) is 10.7 Å². The number of nitrogens with one attached hydrogen (secondary N) is 2. The average molecular weight is 450 g/mol. The van der Waals surface area contributed by atoms with E-state index in [0.29, 0.717) is 22.7 Å². The lowest BCUT2D eigenvalue weighted by atomic mass is 10.0. The molecule has 3 aromatic rings. The molecule has 1 atom stereocenters. The molecule has 158 valence electrons. The fraction of sp³-hybridized carbons (Fsp3) is 0.208. The first-order valence-electron chi connectivity index (χ1n) is 9.85. The van der Waals surface area contributed by atoms with Gasteiger partial charge >= 0.3 is 0 Å². The number of benzene rings is 2. The summed E-state index contributed by atoms with van der Waals surface area (Å²) in [6, 6.07) is 17.6. The molecule has 7 heteroatoms. The van der Waals surface area contributed by atoms with E-state index in [2.05, 4.69) is 16.7 Å². The Kier molecular flexibility index (Phi) is 7.50. The maximum atomic E-state index is 13.0. The molecule has 1 unspecified atom stereocenters. The molecule has 0 saturated heterocycles. The average Bonchev–Trinajstić information content (AvgIpc) is 3.14. The van der Waals surface area contributed by atoms with Gasteiger partial charge in [-0.3, -0.25) is 9.59 Å². The second-order valence-corrected chi connectivity index (χ2v) is 9.20. The van der Waals surface area contributed by atoms with Crippen LogP contribution in [0, 0.1) is 18.3 Å². The summed E-state index contributed by atoms with van der Waals surface area (Å²) in [6.07, 6.45) is 0.624. The van der Waals surface area contributed by atoms with Gasteiger partial charge < -0.3 is 10.6 Å². The SMILES string of the molecule is CCC(Sc1cccc(NC(C)=O)c1)C(=O)Nc1scc(-c2ccc(C)cc2)c1C#N. The largest absolute Gasteiger partial charge is 0.326 e. The standard InChI is InChI=1S/C24H23N3O2S2/c1-4-22(31-19-7-5-6-18(12-19)26-16(3)28)23(29)27-24-20(13-25)21(14-30-24)17-10-8-15(2)9-11-17/h5-12,14,22H,4H2,1-3H3,(H,26,28)(H,27,29). The van der Waals surface area contributed by atoms with Crippen LogP contribution in [0.25, 0.3) is 11.1 Å². The lowest BCUT2D eigenvalue weighted by Crippen LogP contribution is -2.24. The molecule has 0 aliphatic carbocycles. The van der Waals surface area contributed by atoms with Crippen LogP contribution in [0.15, 0.2) is 58.8 Å². The zero-order valence-corrected chi connectivity index (χ0v) is 19.2. The van der Waals surface area contributed by atoms with Crippen molar-refractivity contribution in [2.75, 3.05) is 10.6 Å². The Hall–Kier alpha value is -3.08. The molecule has 2 aromatic carbocycles. The highest BCUT2D eigenvalue weighted by Crippen LogP contribution is 2.36. The van der Waals surface area contributed by atoms with Crippen LogP contribution < -0.4 is 10.6 Å². The molecule has 1 aromatic heterocycles. The number of thioether (sulfide) groups is 1. The number of anilines is 2. The van der Waals surface area contributed by atoms with Crippen molar-refractivity contribution in [3.8, 4) is 17.2 Å². The van der Waals surface area contributed by atoms with Gasteiger partial charge in [-0.15, -0.1) is 23.1 Å². The molecule has 0 saturated carbocycles. The second kappa shape index (κ2) is 10.3. The Bertz CT molecular complexity index is 1130. The molecule has 2 amide bonds. The van der Waals surface area contributed by atoms with Crippen LogP contribution in [0.3, 0.4) is 0 Å². The predicted octanol–water partition coefficient (Wildman–Crippen LogP) is 6.06. The summed E-state index contributed by atoms with van der Waals surface area (Å²) < 4.78 is 0. The molecular weight excluding hydrogens is 426 g/mol. The summed E-state index contributed by atoms with van der Waals surface area (Å²) in [4.78, 5) is 25.1. The molecule has 0 spiro atoms. The summed E-state index contributed by atoms with van der Waals surface area (Å²) in [5, 5.41) is 17.6. The molecule has 0 radical (unpaired) electrons. The van der Waals surface area contributed by atoms with E-state index in [-0.39, 0.29) is 17.1 Å². The molecule has 1 heterocycles. The summed E-state index contributed by atoms with van der Waals surface area (Å²) in [5.74, 6) is -0.288. The minimum absolute atomic E-state index is 0.141. The topological polar surface area (TPSA) is 82.0 Å². The maximum absolute atomic E-state index is 13.0. The van der Waals surface area contributed by atoms with Crippen LogP contribution in [-0.4, -0.2) is 17.1 Å². The van der Waals surface area contributed by atoms with Crippen molar-refractivity contribution in [3.63, 3.8) is 0 Å². The molecule has 0 aliphatic rings. The Morgan fingerprint density at radius 2 is 1.90 bits per heavy atom. The smallest absolute Gasteiger partial charge is 0.238 e. The number of nitriles is 1. The van der Waals surface area contributed by atoms with E-state index in [1.807, 2.05) is 67.8 Å².